The summed E-state index contributed by atoms with van der Waals surface area (Å²) in [4.78, 5) is 2.54. The molecule has 18 heavy (non-hydrogen) atoms. The molecule has 0 amide bonds. The zero-order valence-corrected chi connectivity index (χ0v) is 12.1. The summed E-state index contributed by atoms with van der Waals surface area (Å²) in [7, 11) is 2.00. The molecule has 1 aliphatic heterocycles. The van der Waals surface area contributed by atoms with Crippen molar-refractivity contribution in [1.82, 2.24) is 14.7 Å². The van der Waals surface area contributed by atoms with Gasteiger partial charge >= 0.3 is 0 Å². The van der Waals surface area contributed by atoms with Gasteiger partial charge in [0.25, 0.3) is 0 Å². The Kier molecular flexibility index (Phi) is 4.07. The summed E-state index contributed by atoms with van der Waals surface area (Å²) in [5, 5.41) is 4.37. The van der Waals surface area contributed by atoms with Crippen molar-refractivity contribution in [2.24, 2.45) is 18.7 Å². The van der Waals surface area contributed by atoms with Gasteiger partial charge in [0.05, 0.1) is 12.2 Å². The van der Waals surface area contributed by atoms with Gasteiger partial charge in [-0.05, 0) is 32.2 Å². The summed E-state index contributed by atoms with van der Waals surface area (Å²) in [5.74, 6) is 0.676. The van der Waals surface area contributed by atoms with Crippen LogP contribution in [0.5, 0.6) is 0 Å². The zero-order chi connectivity index (χ0) is 13.3. The van der Waals surface area contributed by atoms with E-state index in [4.69, 9.17) is 5.73 Å². The Labute approximate surface area is 110 Å². The molecule has 102 valence electrons. The average molecular weight is 250 g/mol. The van der Waals surface area contributed by atoms with Crippen LogP contribution in [-0.4, -0.2) is 33.8 Å². The van der Waals surface area contributed by atoms with Crippen LogP contribution < -0.4 is 5.73 Å². The summed E-state index contributed by atoms with van der Waals surface area (Å²) < 4.78 is 1.95. The van der Waals surface area contributed by atoms with Crippen molar-refractivity contribution in [2.45, 2.75) is 45.7 Å². The lowest BCUT2D eigenvalue weighted by molar-refractivity contribution is 0.113. The van der Waals surface area contributed by atoms with Gasteiger partial charge in [-0.2, -0.15) is 5.10 Å². The Morgan fingerprint density at radius 1 is 1.50 bits per heavy atom. The van der Waals surface area contributed by atoms with Gasteiger partial charge in [0.1, 0.15) is 0 Å². The maximum Gasteiger partial charge on any atom is 0.0541 e. The van der Waals surface area contributed by atoms with Crippen molar-refractivity contribution in [3.63, 3.8) is 0 Å². The number of likely N-dealkylation sites (tertiary alicyclic amines) is 1. The van der Waals surface area contributed by atoms with Gasteiger partial charge in [-0.25, -0.2) is 0 Å². The van der Waals surface area contributed by atoms with Crippen molar-refractivity contribution < 1.29 is 0 Å². The number of aromatic nitrogens is 2. The van der Waals surface area contributed by atoms with Gasteiger partial charge in [0.2, 0.25) is 0 Å². The smallest absolute Gasteiger partial charge is 0.0541 e. The van der Waals surface area contributed by atoms with Crippen LogP contribution in [0.3, 0.4) is 0 Å². The third-order valence-electron chi connectivity index (χ3n) is 3.97. The second-order valence-electron chi connectivity index (χ2n) is 5.95. The van der Waals surface area contributed by atoms with E-state index in [1.54, 1.807) is 0 Å². The maximum atomic E-state index is 6.38. The molecule has 0 radical (unpaired) electrons. The Morgan fingerprint density at radius 3 is 2.78 bits per heavy atom. The standard InChI is InChI=1S/C14H26N4/c1-10(2)9-18-7-5-6-13(15)14(18)12-8-16-17(4)11(12)3/h8,10,13-14H,5-7,9,15H2,1-4H3. The molecule has 0 bridgehead atoms. The van der Waals surface area contributed by atoms with E-state index in [1.165, 1.54) is 17.7 Å². The number of nitrogens with two attached hydrogens (primary N) is 1. The third-order valence-corrected chi connectivity index (χ3v) is 3.97. The molecular weight excluding hydrogens is 224 g/mol. The van der Waals surface area contributed by atoms with E-state index in [0.29, 0.717) is 12.0 Å². The van der Waals surface area contributed by atoms with Crippen molar-refractivity contribution in [1.29, 1.82) is 0 Å². The molecule has 1 aromatic heterocycles. The highest BCUT2D eigenvalue weighted by Gasteiger charge is 2.32. The molecule has 4 heteroatoms. The normalized spacial score (nSPS) is 25.9. The van der Waals surface area contributed by atoms with Crippen molar-refractivity contribution in [2.75, 3.05) is 13.1 Å². The van der Waals surface area contributed by atoms with E-state index in [1.807, 2.05) is 17.9 Å². The Hall–Kier alpha value is -0.870. The lowest BCUT2D eigenvalue weighted by Crippen LogP contribution is -2.47. The van der Waals surface area contributed by atoms with E-state index in [0.717, 1.165) is 19.5 Å². The lowest BCUT2D eigenvalue weighted by atomic mass is 9.90. The predicted molar refractivity (Wildman–Crippen MR) is 74.3 cm³/mol. The van der Waals surface area contributed by atoms with Crippen molar-refractivity contribution in [3.05, 3.63) is 17.5 Å². The fourth-order valence-corrected chi connectivity index (χ4v) is 3.01. The molecule has 4 nitrogen and oxygen atoms in total. The van der Waals surface area contributed by atoms with Gasteiger partial charge in [-0.1, -0.05) is 13.8 Å². The molecule has 2 unspecified atom stereocenters. The van der Waals surface area contributed by atoms with Crippen LogP contribution in [0.25, 0.3) is 0 Å². The van der Waals surface area contributed by atoms with Crippen LogP contribution in [0.1, 0.15) is 44.0 Å². The predicted octanol–water partition coefficient (Wildman–Crippen LogP) is 1.85. The minimum atomic E-state index is 0.236. The number of aryl methyl sites for hydroxylation is 1. The van der Waals surface area contributed by atoms with Gasteiger partial charge in [-0.3, -0.25) is 9.58 Å². The minimum Gasteiger partial charge on any atom is -0.326 e. The number of nitrogens with zero attached hydrogens (tertiary/aromatic N) is 3. The molecule has 2 atom stereocenters. The second-order valence-corrected chi connectivity index (χ2v) is 5.95. The Balaban J connectivity index is 2.27. The molecule has 2 N–H and O–H groups in total. The zero-order valence-electron chi connectivity index (χ0n) is 12.1. The fraction of sp³-hybridized carbons (Fsp3) is 0.786. The minimum absolute atomic E-state index is 0.236. The average Bonchev–Trinajstić information content (AvgIpc) is 2.60. The molecule has 1 aromatic rings. The monoisotopic (exact) mass is 250 g/mol. The first-order valence-electron chi connectivity index (χ1n) is 6.98. The van der Waals surface area contributed by atoms with Crippen LogP contribution in [0.4, 0.5) is 0 Å². The van der Waals surface area contributed by atoms with Crippen LogP contribution in [0.2, 0.25) is 0 Å². The van der Waals surface area contributed by atoms with E-state index in [-0.39, 0.29) is 6.04 Å². The molecule has 1 saturated heterocycles. The first kappa shape index (κ1) is 13.6. The van der Waals surface area contributed by atoms with Crippen LogP contribution >= 0.6 is 0 Å². The van der Waals surface area contributed by atoms with Gasteiger partial charge < -0.3 is 5.73 Å². The molecule has 0 spiro atoms. The van der Waals surface area contributed by atoms with Crippen molar-refractivity contribution in [3.8, 4) is 0 Å². The van der Waals surface area contributed by atoms with E-state index in [9.17, 15) is 0 Å². The van der Waals surface area contributed by atoms with E-state index in [2.05, 4.69) is 30.8 Å². The fourth-order valence-electron chi connectivity index (χ4n) is 3.01. The molecule has 0 saturated carbocycles. The highest BCUT2D eigenvalue weighted by atomic mass is 15.3. The van der Waals surface area contributed by atoms with Gasteiger partial charge in [0.15, 0.2) is 0 Å². The summed E-state index contributed by atoms with van der Waals surface area (Å²) in [6.45, 7) is 8.95. The van der Waals surface area contributed by atoms with Gasteiger partial charge in [0, 0.05) is 30.9 Å². The summed E-state index contributed by atoms with van der Waals surface area (Å²) in [5.41, 5.74) is 8.93. The first-order chi connectivity index (χ1) is 8.50. The quantitative estimate of drug-likeness (QED) is 0.890. The van der Waals surface area contributed by atoms with Crippen molar-refractivity contribution >= 4 is 0 Å². The van der Waals surface area contributed by atoms with Crippen LogP contribution in [-0.2, 0) is 7.05 Å². The lowest BCUT2D eigenvalue weighted by Gasteiger charge is -2.40. The third kappa shape index (κ3) is 2.59. The van der Waals surface area contributed by atoms with E-state index < -0.39 is 0 Å². The number of hydrogen-bond acceptors (Lipinski definition) is 3. The first-order valence-corrected chi connectivity index (χ1v) is 6.98. The number of piperidine rings is 1. The highest BCUT2D eigenvalue weighted by Crippen LogP contribution is 2.32. The van der Waals surface area contributed by atoms with Crippen LogP contribution in [0.15, 0.2) is 6.20 Å². The molecular formula is C14H26N4. The number of rotatable bonds is 3. The summed E-state index contributed by atoms with van der Waals surface area (Å²) in [6.07, 6.45) is 4.33. The molecule has 2 heterocycles. The summed E-state index contributed by atoms with van der Waals surface area (Å²) in [6, 6.07) is 0.579. The van der Waals surface area contributed by atoms with Crippen LogP contribution in [0, 0.1) is 12.8 Å². The largest absolute Gasteiger partial charge is 0.326 e. The molecule has 2 rings (SSSR count). The SMILES string of the molecule is Cc1c(C2C(N)CCCN2CC(C)C)cnn1C. The van der Waals surface area contributed by atoms with E-state index >= 15 is 0 Å². The Morgan fingerprint density at radius 2 is 2.22 bits per heavy atom. The highest BCUT2D eigenvalue weighted by molar-refractivity contribution is 5.23. The topological polar surface area (TPSA) is 47.1 Å². The molecule has 0 aliphatic carbocycles. The molecule has 1 fully saturated rings. The van der Waals surface area contributed by atoms with Gasteiger partial charge in [-0.15, -0.1) is 0 Å². The second kappa shape index (κ2) is 5.41. The molecule has 1 aliphatic rings. The Bertz CT molecular complexity index is 396. The maximum absolute atomic E-state index is 6.38. The summed E-state index contributed by atoms with van der Waals surface area (Å²) >= 11 is 0. The number of hydrogen-bond donors (Lipinski definition) is 1. The molecule has 0 aromatic carbocycles.